The van der Waals surface area contributed by atoms with Crippen LogP contribution < -0.4 is 5.32 Å². The maximum Gasteiger partial charge on any atom is 0.269 e. The van der Waals surface area contributed by atoms with Gasteiger partial charge in [-0.1, -0.05) is 36.4 Å². The highest BCUT2D eigenvalue weighted by Gasteiger charge is 2.17. The molecule has 0 bridgehead atoms. The van der Waals surface area contributed by atoms with E-state index in [9.17, 15) is 13.6 Å². The maximum atomic E-state index is 13.8. The Kier molecular flexibility index (Phi) is 4.37. The molecule has 0 unspecified atom stereocenters. The summed E-state index contributed by atoms with van der Waals surface area (Å²) in [5.74, 6) is -1.77. The number of aromatic amines is 1. The van der Waals surface area contributed by atoms with Crippen molar-refractivity contribution < 1.29 is 13.6 Å². The molecule has 122 valence electrons. The van der Waals surface area contributed by atoms with Crippen LogP contribution in [0.4, 0.5) is 8.78 Å². The minimum atomic E-state index is -0.697. The molecule has 2 N–H and O–H groups in total. The van der Waals surface area contributed by atoms with E-state index in [-0.39, 0.29) is 11.3 Å². The second-order valence-electron chi connectivity index (χ2n) is 5.39. The van der Waals surface area contributed by atoms with Gasteiger partial charge >= 0.3 is 0 Å². The second-order valence-corrected chi connectivity index (χ2v) is 5.39. The molecule has 1 atom stereocenters. The zero-order chi connectivity index (χ0) is 17.1. The summed E-state index contributed by atoms with van der Waals surface area (Å²) in [5.41, 5.74) is 2.00. The van der Waals surface area contributed by atoms with Crippen molar-refractivity contribution in [3.8, 4) is 11.3 Å². The molecule has 3 rings (SSSR count). The summed E-state index contributed by atoms with van der Waals surface area (Å²) >= 11 is 0. The van der Waals surface area contributed by atoms with E-state index in [1.54, 1.807) is 13.0 Å². The topological polar surface area (TPSA) is 57.8 Å². The van der Waals surface area contributed by atoms with Gasteiger partial charge in [-0.3, -0.25) is 9.89 Å². The van der Waals surface area contributed by atoms with E-state index in [0.29, 0.717) is 5.69 Å². The molecule has 0 spiro atoms. The van der Waals surface area contributed by atoms with Crippen LogP contribution in [-0.2, 0) is 0 Å². The van der Waals surface area contributed by atoms with Gasteiger partial charge < -0.3 is 5.32 Å². The van der Waals surface area contributed by atoms with E-state index < -0.39 is 23.6 Å². The molecule has 0 saturated heterocycles. The highest BCUT2D eigenvalue weighted by atomic mass is 19.1. The third-order valence-corrected chi connectivity index (χ3v) is 3.67. The second kappa shape index (κ2) is 6.62. The number of carbonyl (C=O) groups is 1. The lowest BCUT2D eigenvalue weighted by atomic mass is 10.1. The predicted octanol–water partition coefficient (Wildman–Crippen LogP) is 3.85. The van der Waals surface area contributed by atoms with Crippen LogP contribution in [0.5, 0.6) is 0 Å². The standard InChI is InChI=1S/C18H15F2N3O/c1-11(14-8-7-13(19)9-15(14)20)21-18(24)17-10-16(22-23-17)12-5-3-2-4-6-12/h2-11H,1H3,(H,21,24)(H,22,23)/t11-/m0/s1. The molecule has 24 heavy (non-hydrogen) atoms. The van der Waals surface area contributed by atoms with Gasteiger partial charge in [0.15, 0.2) is 0 Å². The molecule has 0 aliphatic heterocycles. The van der Waals surface area contributed by atoms with E-state index in [2.05, 4.69) is 15.5 Å². The minimum absolute atomic E-state index is 0.215. The van der Waals surface area contributed by atoms with Crippen LogP contribution in [-0.4, -0.2) is 16.1 Å². The lowest BCUT2D eigenvalue weighted by Crippen LogP contribution is -2.27. The highest BCUT2D eigenvalue weighted by molar-refractivity contribution is 5.93. The van der Waals surface area contributed by atoms with Gasteiger partial charge in [-0.2, -0.15) is 5.10 Å². The summed E-state index contributed by atoms with van der Waals surface area (Å²) in [6.07, 6.45) is 0. The van der Waals surface area contributed by atoms with Gasteiger partial charge in [-0.05, 0) is 19.1 Å². The molecule has 2 aromatic carbocycles. The van der Waals surface area contributed by atoms with E-state index in [1.807, 2.05) is 30.3 Å². The molecule has 4 nitrogen and oxygen atoms in total. The molecule has 6 heteroatoms. The fourth-order valence-corrected chi connectivity index (χ4v) is 2.40. The Bertz CT molecular complexity index is 862. The first-order valence-corrected chi connectivity index (χ1v) is 7.41. The first-order chi connectivity index (χ1) is 11.5. The Morgan fingerprint density at radius 1 is 1.12 bits per heavy atom. The quantitative estimate of drug-likeness (QED) is 0.765. The third kappa shape index (κ3) is 3.32. The molecule has 0 aliphatic carbocycles. The summed E-state index contributed by atoms with van der Waals surface area (Å²) < 4.78 is 26.7. The van der Waals surface area contributed by atoms with Crippen LogP contribution in [0.1, 0.15) is 29.0 Å². The number of nitrogens with zero attached hydrogens (tertiary/aromatic N) is 1. The van der Waals surface area contributed by atoms with Crippen molar-refractivity contribution in [3.05, 3.63) is 77.5 Å². The van der Waals surface area contributed by atoms with Crippen molar-refractivity contribution in [2.24, 2.45) is 0 Å². The lowest BCUT2D eigenvalue weighted by Gasteiger charge is -2.14. The fraction of sp³-hybridized carbons (Fsp3) is 0.111. The van der Waals surface area contributed by atoms with E-state index in [1.165, 1.54) is 6.07 Å². The summed E-state index contributed by atoms with van der Waals surface area (Å²) in [6.45, 7) is 1.63. The van der Waals surface area contributed by atoms with Gasteiger partial charge in [0.05, 0.1) is 11.7 Å². The molecule has 1 aromatic heterocycles. The number of carbonyl (C=O) groups excluding carboxylic acids is 1. The minimum Gasteiger partial charge on any atom is -0.344 e. The Labute approximate surface area is 137 Å². The highest BCUT2D eigenvalue weighted by Crippen LogP contribution is 2.20. The summed E-state index contributed by atoms with van der Waals surface area (Å²) in [7, 11) is 0. The average Bonchev–Trinajstić information content (AvgIpc) is 3.05. The Hall–Kier alpha value is -3.02. The number of rotatable bonds is 4. The van der Waals surface area contributed by atoms with Crippen LogP contribution in [0, 0.1) is 11.6 Å². The molecule has 0 radical (unpaired) electrons. The molecule has 1 heterocycles. The number of hydrogen-bond acceptors (Lipinski definition) is 2. The maximum absolute atomic E-state index is 13.8. The van der Waals surface area contributed by atoms with Gasteiger partial charge in [-0.25, -0.2) is 8.78 Å². The number of H-pyrrole nitrogens is 1. The lowest BCUT2D eigenvalue weighted by molar-refractivity contribution is 0.0934. The van der Waals surface area contributed by atoms with Crippen molar-refractivity contribution in [3.63, 3.8) is 0 Å². The molecular weight excluding hydrogens is 312 g/mol. The van der Waals surface area contributed by atoms with Gasteiger partial charge in [0.25, 0.3) is 5.91 Å². The number of nitrogens with one attached hydrogen (secondary N) is 2. The number of benzene rings is 2. The molecular formula is C18H15F2N3O. The molecule has 1 amide bonds. The van der Waals surface area contributed by atoms with Crippen molar-refractivity contribution in [2.75, 3.05) is 0 Å². The van der Waals surface area contributed by atoms with Crippen molar-refractivity contribution in [1.29, 1.82) is 0 Å². The fourth-order valence-electron chi connectivity index (χ4n) is 2.40. The number of amides is 1. The smallest absolute Gasteiger partial charge is 0.269 e. The Morgan fingerprint density at radius 2 is 1.88 bits per heavy atom. The number of hydrogen-bond donors (Lipinski definition) is 2. The molecule has 0 fully saturated rings. The van der Waals surface area contributed by atoms with Crippen molar-refractivity contribution >= 4 is 5.91 Å². The predicted molar refractivity (Wildman–Crippen MR) is 86.3 cm³/mol. The summed E-state index contributed by atoms with van der Waals surface area (Å²) in [5, 5.41) is 9.44. The number of aromatic nitrogens is 2. The van der Waals surface area contributed by atoms with Crippen LogP contribution in [0.25, 0.3) is 11.3 Å². The van der Waals surface area contributed by atoms with Crippen LogP contribution in [0.2, 0.25) is 0 Å². The summed E-state index contributed by atoms with van der Waals surface area (Å²) in [6, 6.07) is 13.7. The molecule has 3 aromatic rings. The number of halogens is 2. The largest absolute Gasteiger partial charge is 0.344 e. The van der Waals surface area contributed by atoms with Gasteiger partial charge in [-0.15, -0.1) is 0 Å². The van der Waals surface area contributed by atoms with Crippen LogP contribution in [0.15, 0.2) is 54.6 Å². The van der Waals surface area contributed by atoms with Crippen molar-refractivity contribution in [2.45, 2.75) is 13.0 Å². The molecule has 0 aliphatic rings. The van der Waals surface area contributed by atoms with Gasteiger partial charge in [0.1, 0.15) is 17.3 Å². The van der Waals surface area contributed by atoms with Crippen LogP contribution >= 0.6 is 0 Å². The van der Waals surface area contributed by atoms with Crippen LogP contribution in [0.3, 0.4) is 0 Å². The van der Waals surface area contributed by atoms with E-state index >= 15 is 0 Å². The zero-order valence-electron chi connectivity index (χ0n) is 12.9. The van der Waals surface area contributed by atoms with Gasteiger partial charge in [0, 0.05) is 17.2 Å². The SMILES string of the molecule is C[C@H](NC(=O)c1cc(-c2ccccc2)n[nH]1)c1ccc(F)cc1F. The average molecular weight is 327 g/mol. The van der Waals surface area contributed by atoms with E-state index in [4.69, 9.17) is 0 Å². The third-order valence-electron chi connectivity index (χ3n) is 3.67. The monoisotopic (exact) mass is 327 g/mol. The van der Waals surface area contributed by atoms with Gasteiger partial charge in [0.2, 0.25) is 0 Å². The normalized spacial score (nSPS) is 12.0. The van der Waals surface area contributed by atoms with Crippen molar-refractivity contribution in [1.82, 2.24) is 15.5 Å². The first-order valence-electron chi connectivity index (χ1n) is 7.41. The molecule has 0 saturated carbocycles. The Morgan fingerprint density at radius 3 is 2.58 bits per heavy atom. The Balaban J connectivity index is 1.74. The zero-order valence-corrected chi connectivity index (χ0v) is 12.9. The summed E-state index contributed by atoms with van der Waals surface area (Å²) in [4.78, 5) is 12.3. The van der Waals surface area contributed by atoms with E-state index in [0.717, 1.165) is 17.7 Å². The first kappa shape index (κ1) is 15.9.